The van der Waals surface area contributed by atoms with E-state index in [0.717, 1.165) is 6.42 Å². The van der Waals surface area contributed by atoms with E-state index in [4.69, 9.17) is 27.9 Å². The Bertz CT molecular complexity index is 420. The summed E-state index contributed by atoms with van der Waals surface area (Å²) < 4.78 is 5.28. The molecule has 7 heteroatoms. The van der Waals surface area contributed by atoms with Crippen LogP contribution in [0, 0.1) is 0 Å². The second-order valence-electron chi connectivity index (χ2n) is 3.63. The van der Waals surface area contributed by atoms with Gasteiger partial charge in [-0.1, -0.05) is 23.2 Å². The highest BCUT2D eigenvalue weighted by Gasteiger charge is 2.21. The Labute approximate surface area is 109 Å². The Morgan fingerprint density at radius 3 is 2.94 bits per heavy atom. The van der Waals surface area contributed by atoms with Gasteiger partial charge in [-0.05, 0) is 12.5 Å². The third kappa shape index (κ3) is 3.06. The molecule has 92 valence electrons. The highest BCUT2D eigenvalue weighted by molar-refractivity contribution is 6.34. The molecule has 0 radical (unpaired) electrons. The second kappa shape index (κ2) is 5.62. The van der Waals surface area contributed by atoms with E-state index in [-0.39, 0.29) is 21.8 Å². The lowest BCUT2D eigenvalue weighted by molar-refractivity contribution is 0.0741. The van der Waals surface area contributed by atoms with Crippen LogP contribution in [0.5, 0.6) is 0 Å². The summed E-state index contributed by atoms with van der Waals surface area (Å²) in [5.74, 6) is -0.183. The highest BCUT2D eigenvalue weighted by Crippen LogP contribution is 2.18. The molecule has 0 N–H and O–H groups in total. The first-order valence-electron chi connectivity index (χ1n) is 5.24. The van der Waals surface area contributed by atoms with E-state index in [1.165, 1.54) is 6.07 Å². The molecule has 0 spiro atoms. The van der Waals surface area contributed by atoms with Gasteiger partial charge in [0.1, 0.15) is 0 Å². The standard InChI is InChI=1S/C10H11Cl2N3O2/c11-8-6-7(9(12)14-13-8)10(16)15-2-1-4-17-5-3-15/h6H,1-5H2. The van der Waals surface area contributed by atoms with Crippen molar-refractivity contribution in [2.45, 2.75) is 6.42 Å². The number of carbonyl (C=O) groups excluding carboxylic acids is 1. The molecule has 1 aromatic rings. The lowest BCUT2D eigenvalue weighted by Crippen LogP contribution is -2.33. The number of amides is 1. The molecule has 2 rings (SSSR count). The van der Waals surface area contributed by atoms with Crippen molar-refractivity contribution in [2.75, 3.05) is 26.3 Å². The fourth-order valence-electron chi connectivity index (χ4n) is 1.62. The number of hydrogen-bond donors (Lipinski definition) is 0. The van der Waals surface area contributed by atoms with E-state index in [0.29, 0.717) is 26.3 Å². The van der Waals surface area contributed by atoms with Crippen molar-refractivity contribution >= 4 is 29.1 Å². The zero-order valence-corrected chi connectivity index (χ0v) is 10.5. The summed E-state index contributed by atoms with van der Waals surface area (Å²) in [5.41, 5.74) is 0.286. The number of ether oxygens (including phenoxy) is 1. The quantitative estimate of drug-likeness (QED) is 0.782. The fraction of sp³-hybridized carbons (Fsp3) is 0.500. The number of rotatable bonds is 1. The van der Waals surface area contributed by atoms with Crippen molar-refractivity contribution in [1.29, 1.82) is 0 Å². The minimum atomic E-state index is -0.183. The van der Waals surface area contributed by atoms with Gasteiger partial charge in [0.05, 0.1) is 12.2 Å². The Balaban J connectivity index is 2.20. The van der Waals surface area contributed by atoms with Gasteiger partial charge in [-0.25, -0.2) is 0 Å². The molecule has 0 aliphatic carbocycles. The van der Waals surface area contributed by atoms with Gasteiger partial charge >= 0.3 is 0 Å². The molecule has 0 atom stereocenters. The lowest BCUT2D eigenvalue weighted by atomic mass is 10.2. The average molecular weight is 276 g/mol. The molecule has 1 aliphatic rings. The molecule has 0 aromatic carbocycles. The number of nitrogens with zero attached hydrogens (tertiary/aromatic N) is 3. The van der Waals surface area contributed by atoms with E-state index in [1.807, 2.05) is 0 Å². The first-order valence-corrected chi connectivity index (χ1v) is 6.00. The van der Waals surface area contributed by atoms with Crippen molar-refractivity contribution in [2.24, 2.45) is 0 Å². The maximum atomic E-state index is 12.2. The minimum Gasteiger partial charge on any atom is -0.380 e. The van der Waals surface area contributed by atoms with Crippen LogP contribution in [0.1, 0.15) is 16.8 Å². The molecule has 0 bridgehead atoms. The summed E-state index contributed by atoms with van der Waals surface area (Å²) in [7, 11) is 0. The molecule has 1 saturated heterocycles. The first kappa shape index (κ1) is 12.5. The van der Waals surface area contributed by atoms with Crippen LogP contribution in [0.4, 0.5) is 0 Å². The third-order valence-electron chi connectivity index (χ3n) is 2.46. The maximum Gasteiger partial charge on any atom is 0.257 e. The number of hydrogen-bond acceptors (Lipinski definition) is 4. The molecule has 0 saturated carbocycles. The molecule has 1 aromatic heterocycles. The minimum absolute atomic E-state index is 0.0737. The summed E-state index contributed by atoms with van der Waals surface area (Å²) in [4.78, 5) is 13.9. The van der Waals surface area contributed by atoms with E-state index in [2.05, 4.69) is 10.2 Å². The topological polar surface area (TPSA) is 55.3 Å². The molecular formula is C10H11Cl2N3O2. The number of aromatic nitrogens is 2. The second-order valence-corrected chi connectivity index (χ2v) is 4.37. The van der Waals surface area contributed by atoms with Crippen LogP contribution < -0.4 is 0 Å². The largest absolute Gasteiger partial charge is 0.380 e. The van der Waals surface area contributed by atoms with Crippen molar-refractivity contribution in [3.05, 3.63) is 21.9 Å². The van der Waals surface area contributed by atoms with Gasteiger partial charge in [-0.2, -0.15) is 0 Å². The highest BCUT2D eigenvalue weighted by atomic mass is 35.5. The average Bonchev–Trinajstić information content (AvgIpc) is 2.60. The van der Waals surface area contributed by atoms with E-state index >= 15 is 0 Å². The molecular weight excluding hydrogens is 265 g/mol. The van der Waals surface area contributed by atoms with Crippen molar-refractivity contribution in [3.63, 3.8) is 0 Å². The van der Waals surface area contributed by atoms with Gasteiger partial charge in [0.15, 0.2) is 10.3 Å². The van der Waals surface area contributed by atoms with E-state index < -0.39 is 0 Å². The molecule has 1 aliphatic heterocycles. The van der Waals surface area contributed by atoms with E-state index in [1.54, 1.807) is 4.90 Å². The third-order valence-corrected chi connectivity index (χ3v) is 2.92. The van der Waals surface area contributed by atoms with Gasteiger partial charge in [-0.15, -0.1) is 10.2 Å². The Morgan fingerprint density at radius 2 is 2.12 bits per heavy atom. The molecule has 1 fully saturated rings. The maximum absolute atomic E-state index is 12.2. The predicted molar refractivity (Wildman–Crippen MR) is 63.4 cm³/mol. The molecule has 17 heavy (non-hydrogen) atoms. The summed E-state index contributed by atoms with van der Waals surface area (Å²) in [6.07, 6.45) is 0.815. The van der Waals surface area contributed by atoms with Crippen LogP contribution in [0.25, 0.3) is 0 Å². The normalized spacial score (nSPS) is 16.7. The Hall–Kier alpha value is -0.910. The van der Waals surface area contributed by atoms with Crippen LogP contribution in [-0.2, 0) is 4.74 Å². The number of carbonyl (C=O) groups is 1. The van der Waals surface area contributed by atoms with Crippen molar-refractivity contribution in [3.8, 4) is 0 Å². The summed E-state index contributed by atoms with van der Waals surface area (Å²) in [6, 6.07) is 1.44. The Morgan fingerprint density at radius 1 is 1.29 bits per heavy atom. The van der Waals surface area contributed by atoms with E-state index in [9.17, 15) is 4.79 Å². The Kier molecular flexibility index (Phi) is 4.15. The van der Waals surface area contributed by atoms with Gasteiger partial charge in [0.25, 0.3) is 5.91 Å². The lowest BCUT2D eigenvalue weighted by Gasteiger charge is -2.19. The number of halogens is 2. The summed E-state index contributed by atoms with van der Waals surface area (Å²) in [6.45, 7) is 2.41. The zero-order chi connectivity index (χ0) is 12.3. The molecule has 0 unspecified atom stereocenters. The van der Waals surface area contributed by atoms with Gasteiger partial charge in [0.2, 0.25) is 0 Å². The smallest absolute Gasteiger partial charge is 0.257 e. The molecule has 2 heterocycles. The van der Waals surface area contributed by atoms with Gasteiger partial charge in [-0.3, -0.25) is 4.79 Å². The van der Waals surface area contributed by atoms with Crippen LogP contribution in [-0.4, -0.2) is 47.3 Å². The van der Waals surface area contributed by atoms with Crippen LogP contribution in [0.15, 0.2) is 6.07 Å². The van der Waals surface area contributed by atoms with Crippen LogP contribution in [0.3, 0.4) is 0 Å². The first-order chi connectivity index (χ1) is 8.18. The van der Waals surface area contributed by atoms with Crippen molar-refractivity contribution < 1.29 is 9.53 Å². The monoisotopic (exact) mass is 275 g/mol. The predicted octanol–water partition coefficient (Wildman–Crippen LogP) is 1.65. The van der Waals surface area contributed by atoms with Gasteiger partial charge < -0.3 is 9.64 Å². The van der Waals surface area contributed by atoms with Crippen molar-refractivity contribution in [1.82, 2.24) is 15.1 Å². The summed E-state index contributed by atoms with van der Waals surface area (Å²) in [5, 5.41) is 7.43. The fourth-order valence-corrected chi connectivity index (χ4v) is 1.94. The van der Waals surface area contributed by atoms with Crippen LogP contribution >= 0.6 is 23.2 Å². The zero-order valence-electron chi connectivity index (χ0n) is 9.03. The molecule has 5 nitrogen and oxygen atoms in total. The van der Waals surface area contributed by atoms with Crippen LogP contribution in [0.2, 0.25) is 10.3 Å². The SMILES string of the molecule is O=C(c1cc(Cl)nnc1Cl)N1CCCOCC1. The summed E-state index contributed by atoms with van der Waals surface area (Å²) >= 11 is 11.5. The van der Waals surface area contributed by atoms with Gasteiger partial charge in [0, 0.05) is 19.7 Å². The molecule has 1 amide bonds.